The fourth-order valence-corrected chi connectivity index (χ4v) is 8.18. The Morgan fingerprint density at radius 1 is 1.06 bits per heavy atom. The summed E-state index contributed by atoms with van der Waals surface area (Å²) >= 11 is 1.09. The molecule has 3 unspecified atom stereocenters. The van der Waals surface area contributed by atoms with Crippen LogP contribution in [0, 0.1) is 5.41 Å². The van der Waals surface area contributed by atoms with Crippen LogP contribution >= 0.6 is 35.2 Å². The Hall–Kier alpha value is -2.44. The number of anilines is 1. The summed E-state index contributed by atoms with van der Waals surface area (Å²) in [5, 5.41) is 26.3. The van der Waals surface area contributed by atoms with Gasteiger partial charge in [0.05, 0.1) is 19.5 Å². The molecule has 24 nitrogen and oxygen atoms in total. The second-order valence-corrected chi connectivity index (χ2v) is 17.4. The van der Waals surface area contributed by atoms with Gasteiger partial charge >= 0.3 is 23.5 Å². The van der Waals surface area contributed by atoms with Crippen molar-refractivity contribution in [2.45, 2.75) is 70.7 Å². The largest absolute Gasteiger partial charge is 0.481 e. The lowest BCUT2D eigenvalue weighted by atomic mass is 9.87. The van der Waals surface area contributed by atoms with Crippen LogP contribution in [0.1, 0.15) is 46.3 Å². The molecule has 2 amide bonds. The number of aliphatic hydroxyl groups is 2. The first-order valence-corrected chi connectivity index (χ1v) is 21.1. The molecule has 0 radical (unpaired) electrons. The highest BCUT2D eigenvalue weighted by Gasteiger charge is 2.50. The van der Waals surface area contributed by atoms with Gasteiger partial charge in [-0.1, -0.05) is 32.5 Å². The van der Waals surface area contributed by atoms with Crippen LogP contribution in [0.4, 0.5) is 5.82 Å². The first kappa shape index (κ1) is 45.0. The molecule has 300 valence electrons. The SMILES string of the molecule is CCCC(=O)SCCNC(=O)CCNC(=O)C(O)C(C)(C)COP(=O)(O)OP(=O)(O)OC[C@H]1O[C@@H](n2cnc3c(N)ncnc32)[C@H](O)[C@@H]1OP(=O)(O)O. The molecule has 0 spiro atoms. The molecule has 3 heterocycles. The molecule has 1 saturated heterocycles. The lowest BCUT2D eigenvalue weighted by Gasteiger charge is -2.30. The van der Waals surface area contributed by atoms with Crippen LogP contribution in [0.2, 0.25) is 0 Å². The van der Waals surface area contributed by atoms with Gasteiger partial charge in [-0.15, -0.1) is 0 Å². The van der Waals surface area contributed by atoms with Crippen LogP contribution in [0.25, 0.3) is 11.2 Å². The maximum Gasteiger partial charge on any atom is 0.481 e. The van der Waals surface area contributed by atoms with Crippen molar-refractivity contribution in [3.8, 4) is 0 Å². The summed E-state index contributed by atoms with van der Waals surface area (Å²) in [5.41, 5.74) is 4.27. The van der Waals surface area contributed by atoms with Crippen LogP contribution in [0.15, 0.2) is 12.7 Å². The average molecular weight is 838 g/mol. The van der Waals surface area contributed by atoms with E-state index < -0.39 is 84.6 Å². The van der Waals surface area contributed by atoms with E-state index in [2.05, 4.69) is 34.4 Å². The highest BCUT2D eigenvalue weighted by atomic mass is 32.2. The van der Waals surface area contributed by atoms with Crippen molar-refractivity contribution in [1.29, 1.82) is 0 Å². The Balaban J connectivity index is 1.52. The Kier molecular flexibility index (Phi) is 16.1. The third-order valence-corrected chi connectivity index (χ3v) is 11.3. The number of imidazole rings is 1. The molecule has 2 aromatic rings. The number of hydrogen-bond donors (Lipinski definition) is 9. The summed E-state index contributed by atoms with van der Waals surface area (Å²) in [6.45, 7) is 2.41. The molecule has 0 aromatic carbocycles. The van der Waals surface area contributed by atoms with Gasteiger partial charge in [0, 0.05) is 37.1 Å². The number of nitrogens with two attached hydrogens (primary N) is 1. The fraction of sp³-hybridized carbons (Fsp3) is 0.680. The summed E-state index contributed by atoms with van der Waals surface area (Å²) in [6.07, 6.45) is -5.73. The number of thioether (sulfide) groups is 1. The molecule has 7 atom stereocenters. The Morgan fingerprint density at radius 3 is 2.40 bits per heavy atom. The molecule has 0 saturated carbocycles. The number of aliphatic hydroxyl groups excluding tert-OH is 2. The minimum atomic E-state index is -5.56. The summed E-state index contributed by atoms with van der Waals surface area (Å²) < 4.78 is 61.9. The van der Waals surface area contributed by atoms with Gasteiger partial charge in [-0.05, 0) is 6.42 Å². The standard InChI is InChI=1S/C25H42N7O17P3S/c1-4-5-16(34)53-9-8-27-15(33)6-7-28-23(37)20(36)25(2,3)11-46-52(43,44)49-51(41,42)45-10-14-19(48-50(38,39)40)18(35)24(47-14)32-13-31-17-21(26)29-12-30-22(17)32/h12-14,18-20,24,35-36H,4-11H2,1-3H3,(H,27,33)(H,28,37)(H,41,42)(H,43,44)(H2,26,29,30)(H2,38,39,40)/t14-,18-,19-,20?,24-/m1/s1. The number of nitrogens with zero attached hydrogens (tertiary/aromatic N) is 4. The Labute approximate surface area is 306 Å². The molecular weight excluding hydrogens is 795 g/mol. The van der Waals surface area contributed by atoms with Crippen LogP contribution < -0.4 is 16.4 Å². The monoisotopic (exact) mass is 837 g/mol. The van der Waals surface area contributed by atoms with E-state index in [1.54, 1.807) is 0 Å². The van der Waals surface area contributed by atoms with Crippen molar-refractivity contribution in [2.24, 2.45) is 5.41 Å². The number of aromatic nitrogens is 4. The molecule has 1 aliphatic rings. The maximum absolute atomic E-state index is 12.6. The second kappa shape index (κ2) is 18.9. The zero-order chi connectivity index (χ0) is 39.8. The molecule has 2 aromatic heterocycles. The molecule has 0 aliphatic carbocycles. The van der Waals surface area contributed by atoms with Gasteiger partial charge in [0.1, 0.15) is 36.3 Å². The number of fused-ring (bicyclic) bond motifs is 1. The van der Waals surface area contributed by atoms with E-state index in [4.69, 9.17) is 19.5 Å². The first-order valence-electron chi connectivity index (χ1n) is 15.6. The number of phosphoric ester groups is 3. The van der Waals surface area contributed by atoms with Gasteiger partial charge < -0.3 is 50.9 Å². The van der Waals surface area contributed by atoms with Crippen molar-refractivity contribution >= 4 is 69.1 Å². The number of carbonyl (C=O) groups excluding carboxylic acids is 3. The molecule has 28 heteroatoms. The lowest BCUT2D eigenvalue weighted by molar-refractivity contribution is -0.137. The van der Waals surface area contributed by atoms with Crippen molar-refractivity contribution in [3.05, 3.63) is 12.7 Å². The molecule has 3 rings (SSSR count). The number of amides is 2. The highest BCUT2D eigenvalue weighted by molar-refractivity contribution is 8.13. The van der Waals surface area contributed by atoms with E-state index in [0.717, 1.165) is 35.4 Å². The van der Waals surface area contributed by atoms with Crippen molar-refractivity contribution in [3.63, 3.8) is 0 Å². The number of ether oxygens (including phenoxy) is 1. The molecule has 1 fully saturated rings. The van der Waals surface area contributed by atoms with E-state index in [1.165, 1.54) is 13.8 Å². The number of rotatable bonds is 21. The Morgan fingerprint density at radius 2 is 1.74 bits per heavy atom. The summed E-state index contributed by atoms with van der Waals surface area (Å²) in [7, 11) is -16.4. The van der Waals surface area contributed by atoms with Crippen LogP contribution in [0.5, 0.6) is 0 Å². The minimum Gasteiger partial charge on any atom is -0.386 e. The third-order valence-electron chi connectivity index (χ3n) is 7.22. The smallest absolute Gasteiger partial charge is 0.386 e. The predicted molar refractivity (Wildman–Crippen MR) is 182 cm³/mol. The maximum atomic E-state index is 12.6. The van der Waals surface area contributed by atoms with E-state index in [9.17, 15) is 57.9 Å². The van der Waals surface area contributed by atoms with Gasteiger partial charge in [0.25, 0.3) is 0 Å². The Bertz CT molecular complexity index is 1750. The van der Waals surface area contributed by atoms with Crippen molar-refractivity contribution in [2.75, 3.05) is 37.8 Å². The minimum absolute atomic E-state index is 0.0127. The lowest BCUT2D eigenvalue weighted by Crippen LogP contribution is -2.46. The summed E-state index contributed by atoms with van der Waals surface area (Å²) in [4.78, 5) is 86.8. The molecule has 53 heavy (non-hydrogen) atoms. The van der Waals surface area contributed by atoms with Gasteiger partial charge in [0.2, 0.25) is 11.8 Å². The summed E-state index contributed by atoms with van der Waals surface area (Å²) in [5.74, 6) is -1.06. The van der Waals surface area contributed by atoms with E-state index in [0.29, 0.717) is 12.2 Å². The van der Waals surface area contributed by atoms with Gasteiger partial charge in [-0.3, -0.25) is 32.5 Å². The number of phosphoric acid groups is 3. The topological polar surface area (TPSA) is 364 Å². The fourth-order valence-electron chi connectivity index (χ4n) is 4.57. The van der Waals surface area contributed by atoms with E-state index >= 15 is 0 Å². The molecule has 1 aliphatic heterocycles. The van der Waals surface area contributed by atoms with Crippen molar-refractivity contribution in [1.82, 2.24) is 30.2 Å². The first-order chi connectivity index (χ1) is 24.6. The number of carbonyl (C=O) groups is 3. The summed E-state index contributed by atoms with van der Waals surface area (Å²) in [6, 6.07) is 0. The van der Waals surface area contributed by atoms with Gasteiger partial charge in [-0.25, -0.2) is 28.6 Å². The second-order valence-electron chi connectivity index (χ2n) is 12.0. The van der Waals surface area contributed by atoms with Crippen LogP contribution in [0.3, 0.4) is 0 Å². The van der Waals surface area contributed by atoms with Gasteiger partial charge in [-0.2, -0.15) is 4.31 Å². The number of nitrogens with one attached hydrogen (secondary N) is 2. The zero-order valence-corrected chi connectivity index (χ0v) is 32.0. The van der Waals surface area contributed by atoms with E-state index in [1.807, 2.05) is 6.92 Å². The predicted octanol–water partition coefficient (Wildman–Crippen LogP) is -0.535. The highest BCUT2D eigenvalue weighted by Crippen LogP contribution is 2.61. The van der Waals surface area contributed by atoms with Gasteiger partial charge in [0.15, 0.2) is 22.8 Å². The third kappa shape index (κ3) is 13.7. The van der Waals surface area contributed by atoms with Crippen LogP contribution in [-0.4, -0.2) is 123 Å². The van der Waals surface area contributed by atoms with Crippen molar-refractivity contribution < 1.29 is 80.5 Å². The quantitative estimate of drug-likeness (QED) is 0.0563. The average Bonchev–Trinajstić information content (AvgIpc) is 3.61. The zero-order valence-electron chi connectivity index (χ0n) is 28.5. The van der Waals surface area contributed by atoms with Crippen LogP contribution in [-0.2, 0) is 50.7 Å². The molecule has 0 bridgehead atoms. The molecular formula is C25H42N7O17P3S. The van der Waals surface area contributed by atoms with E-state index in [-0.39, 0.29) is 41.6 Å². The normalized spacial score (nSPS) is 22.2. The number of hydrogen-bond acceptors (Lipinski definition) is 18. The number of nitrogen functional groups attached to an aromatic ring is 1. The molecule has 10 N–H and O–H groups in total.